The third-order valence-corrected chi connectivity index (χ3v) is 4.51. The van der Waals surface area contributed by atoms with Gasteiger partial charge in [0.15, 0.2) is 0 Å². The molecule has 1 saturated heterocycles. The van der Waals surface area contributed by atoms with E-state index < -0.39 is 0 Å². The number of hydrogen-bond acceptors (Lipinski definition) is 4. The summed E-state index contributed by atoms with van der Waals surface area (Å²) in [6.45, 7) is 2.22. The molecule has 7 nitrogen and oxygen atoms in total. The van der Waals surface area contributed by atoms with Crippen LogP contribution in [0.15, 0.2) is 10.7 Å². The van der Waals surface area contributed by atoms with Crippen LogP contribution in [-0.2, 0) is 11.2 Å². The van der Waals surface area contributed by atoms with Gasteiger partial charge in [0.2, 0.25) is 5.91 Å². The molecule has 1 fully saturated rings. The summed E-state index contributed by atoms with van der Waals surface area (Å²) in [5, 5.41) is 5.65. The Morgan fingerprint density at radius 3 is 2.71 bits per heavy atom. The van der Waals surface area contributed by atoms with E-state index >= 15 is 0 Å². The number of rotatable bonds is 1. The molecule has 2 N–H and O–H groups in total. The summed E-state index contributed by atoms with van der Waals surface area (Å²) >= 11 is 0. The van der Waals surface area contributed by atoms with Gasteiger partial charge in [-0.2, -0.15) is 0 Å². The Morgan fingerprint density at radius 2 is 1.83 bits per heavy atom. The minimum Gasteiger partial charge on any atom is -0.468 e. The number of fused-ring (bicyclic) bond motifs is 1. The summed E-state index contributed by atoms with van der Waals surface area (Å²) in [6.07, 6.45) is 5.85. The SMILES string of the molecule is O=C1CCN(C(=O)c2coc3c2C(=O)NCCC3)CCCCCN1. The standard InChI is InChI=1S/C17H23N3O4/c21-14-6-10-20(9-3-1-2-7-18-14)17(23)12-11-24-13-5-4-8-19-16(22)15(12)13/h11H,1-10H2,(H,18,21)(H,19,22). The highest BCUT2D eigenvalue weighted by atomic mass is 16.3. The summed E-state index contributed by atoms with van der Waals surface area (Å²) in [5.74, 6) is 0.0504. The Balaban J connectivity index is 1.80. The molecule has 24 heavy (non-hydrogen) atoms. The maximum atomic E-state index is 12.9. The number of amides is 3. The molecule has 0 aliphatic carbocycles. The molecule has 1 aromatic rings. The Bertz CT molecular complexity index is 638. The average Bonchev–Trinajstić information content (AvgIpc) is 2.92. The summed E-state index contributed by atoms with van der Waals surface area (Å²) in [6, 6.07) is 0. The number of nitrogens with one attached hydrogen (secondary N) is 2. The minimum atomic E-state index is -0.251. The van der Waals surface area contributed by atoms with Crippen molar-refractivity contribution in [2.24, 2.45) is 0 Å². The van der Waals surface area contributed by atoms with Crippen LogP contribution in [0.3, 0.4) is 0 Å². The van der Waals surface area contributed by atoms with Crippen molar-refractivity contribution in [1.82, 2.24) is 15.5 Å². The van der Waals surface area contributed by atoms with Crippen molar-refractivity contribution in [3.8, 4) is 0 Å². The van der Waals surface area contributed by atoms with Gasteiger partial charge in [0, 0.05) is 39.0 Å². The zero-order valence-corrected chi connectivity index (χ0v) is 13.7. The molecule has 130 valence electrons. The molecule has 3 heterocycles. The van der Waals surface area contributed by atoms with Gasteiger partial charge in [0.1, 0.15) is 12.0 Å². The quantitative estimate of drug-likeness (QED) is 0.805. The average molecular weight is 333 g/mol. The van der Waals surface area contributed by atoms with Crippen LogP contribution in [0.5, 0.6) is 0 Å². The predicted octanol–water partition coefficient (Wildman–Crippen LogP) is 1.09. The molecule has 0 spiro atoms. The molecular formula is C17H23N3O4. The van der Waals surface area contributed by atoms with Crippen molar-refractivity contribution in [1.29, 1.82) is 0 Å². The smallest absolute Gasteiger partial charge is 0.257 e. The van der Waals surface area contributed by atoms with Crippen LogP contribution in [0.1, 0.15) is 58.6 Å². The predicted molar refractivity (Wildman–Crippen MR) is 86.7 cm³/mol. The first-order valence-corrected chi connectivity index (χ1v) is 8.61. The van der Waals surface area contributed by atoms with E-state index in [1.165, 1.54) is 6.26 Å². The first-order chi connectivity index (χ1) is 11.7. The van der Waals surface area contributed by atoms with Crippen molar-refractivity contribution in [2.75, 3.05) is 26.2 Å². The number of hydrogen-bond donors (Lipinski definition) is 2. The molecule has 0 aromatic carbocycles. The Kier molecular flexibility index (Phi) is 5.17. The highest BCUT2D eigenvalue weighted by molar-refractivity contribution is 6.08. The number of aryl methyl sites for hydroxylation is 1. The molecule has 3 rings (SSSR count). The zero-order valence-electron chi connectivity index (χ0n) is 13.7. The van der Waals surface area contributed by atoms with Gasteiger partial charge in [0.05, 0.1) is 11.1 Å². The molecule has 3 amide bonds. The van der Waals surface area contributed by atoms with Crippen molar-refractivity contribution >= 4 is 17.7 Å². The first-order valence-electron chi connectivity index (χ1n) is 8.61. The minimum absolute atomic E-state index is 0.0431. The lowest BCUT2D eigenvalue weighted by atomic mass is 10.1. The van der Waals surface area contributed by atoms with E-state index in [1.54, 1.807) is 4.90 Å². The van der Waals surface area contributed by atoms with Crippen molar-refractivity contribution in [3.63, 3.8) is 0 Å². The normalized spacial score (nSPS) is 19.8. The highest BCUT2D eigenvalue weighted by Gasteiger charge is 2.29. The van der Waals surface area contributed by atoms with Gasteiger partial charge in [-0.3, -0.25) is 14.4 Å². The molecule has 1 aromatic heterocycles. The van der Waals surface area contributed by atoms with Crippen LogP contribution < -0.4 is 10.6 Å². The molecule has 2 aliphatic rings. The summed E-state index contributed by atoms with van der Waals surface area (Å²) in [5.41, 5.74) is 0.668. The van der Waals surface area contributed by atoms with E-state index in [9.17, 15) is 14.4 Å². The van der Waals surface area contributed by atoms with Gasteiger partial charge in [0.25, 0.3) is 11.8 Å². The number of furan rings is 1. The molecule has 0 atom stereocenters. The summed E-state index contributed by atoms with van der Waals surface area (Å²) in [7, 11) is 0. The first kappa shape index (κ1) is 16.5. The molecule has 0 unspecified atom stereocenters. The van der Waals surface area contributed by atoms with Gasteiger partial charge in [-0.1, -0.05) is 0 Å². The molecule has 7 heteroatoms. The lowest BCUT2D eigenvalue weighted by Crippen LogP contribution is -2.38. The van der Waals surface area contributed by atoms with Crippen LogP contribution in [0.25, 0.3) is 0 Å². The highest BCUT2D eigenvalue weighted by Crippen LogP contribution is 2.23. The summed E-state index contributed by atoms with van der Waals surface area (Å²) < 4.78 is 5.48. The second kappa shape index (κ2) is 7.51. The topological polar surface area (TPSA) is 91.7 Å². The zero-order chi connectivity index (χ0) is 16.9. The Labute approximate surface area is 140 Å². The van der Waals surface area contributed by atoms with Crippen LogP contribution in [0.2, 0.25) is 0 Å². The maximum absolute atomic E-state index is 12.9. The van der Waals surface area contributed by atoms with E-state index in [0.717, 1.165) is 25.7 Å². The van der Waals surface area contributed by atoms with E-state index in [-0.39, 0.29) is 24.1 Å². The van der Waals surface area contributed by atoms with Crippen molar-refractivity contribution < 1.29 is 18.8 Å². The molecular weight excluding hydrogens is 310 g/mol. The van der Waals surface area contributed by atoms with Gasteiger partial charge >= 0.3 is 0 Å². The fourth-order valence-electron chi connectivity index (χ4n) is 3.17. The third-order valence-electron chi connectivity index (χ3n) is 4.51. The second-order valence-corrected chi connectivity index (χ2v) is 6.26. The fraction of sp³-hybridized carbons (Fsp3) is 0.588. The molecule has 0 bridgehead atoms. The number of nitrogens with zero attached hydrogens (tertiary/aromatic N) is 1. The van der Waals surface area contributed by atoms with Gasteiger partial charge in [-0.15, -0.1) is 0 Å². The van der Waals surface area contributed by atoms with Crippen LogP contribution in [0.4, 0.5) is 0 Å². The van der Waals surface area contributed by atoms with Gasteiger partial charge < -0.3 is 20.0 Å². The largest absolute Gasteiger partial charge is 0.468 e. The molecule has 0 saturated carbocycles. The van der Waals surface area contributed by atoms with Crippen molar-refractivity contribution in [2.45, 2.75) is 38.5 Å². The lowest BCUT2D eigenvalue weighted by molar-refractivity contribution is -0.121. The Morgan fingerprint density at radius 1 is 1.00 bits per heavy atom. The van der Waals surface area contributed by atoms with E-state index in [2.05, 4.69) is 10.6 Å². The molecule has 0 radical (unpaired) electrons. The second-order valence-electron chi connectivity index (χ2n) is 6.26. The monoisotopic (exact) mass is 333 g/mol. The van der Waals surface area contributed by atoms with E-state index in [1.807, 2.05) is 0 Å². The maximum Gasteiger partial charge on any atom is 0.257 e. The number of carbonyl (C=O) groups excluding carboxylic acids is 3. The van der Waals surface area contributed by atoms with E-state index in [0.29, 0.717) is 49.5 Å². The van der Waals surface area contributed by atoms with Gasteiger partial charge in [-0.25, -0.2) is 0 Å². The third kappa shape index (κ3) is 3.60. The summed E-state index contributed by atoms with van der Waals surface area (Å²) in [4.78, 5) is 38.6. The Hall–Kier alpha value is -2.31. The lowest BCUT2D eigenvalue weighted by Gasteiger charge is -2.23. The van der Waals surface area contributed by atoms with Crippen LogP contribution in [-0.4, -0.2) is 48.8 Å². The van der Waals surface area contributed by atoms with Crippen LogP contribution >= 0.6 is 0 Å². The fourth-order valence-corrected chi connectivity index (χ4v) is 3.17. The van der Waals surface area contributed by atoms with Crippen LogP contribution in [0, 0.1) is 0 Å². The van der Waals surface area contributed by atoms with E-state index in [4.69, 9.17) is 4.42 Å². The van der Waals surface area contributed by atoms with Crippen molar-refractivity contribution in [3.05, 3.63) is 23.2 Å². The number of carbonyl (C=O) groups is 3. The van der Waals surface area contributed by atoms with Gasteiger partial charge in [-0.05, 0) is 25.7 Å². The molecule has 2 aliphatic heterocycles.